The number of aromatic carboxylic acids is 1. The number of anilines is 2. The molecule has 182 valence electrons. The fourth-order valence-corrected chi connectivity index (χ4v) is 5.02. The number of methoxy groups -OCH3 is 1. The lowest BCUT2D eigenvalue weighted by Gasteiger charge is -2.33. The number of carbonyl (C=O) groups is 1. The van der Waals surface area contributed by atoms with Crippen molar-refractivity contribution in [3.8, 4) is 5.75 Å². The molecule has 0 aromatic heterocycles. The van der Waals surface area contributed by atoms with Crippen LogP contribution in [0, 0.1) is 0 Å². The molecule has 0 spiro atoms. The predicted octanol–water partition coefficient (Wildman–Crippen LogP) is 3.27. The topological polar surface area (TPSA) is 126 Å². The highest BCUT2D eigenvalue weighted by Gasteiger charge is 2.34. The minimum absolute atomic E-state index is 0. The molecular formula is C21H26F3N3O5S. The van der Waals surface area contributed by atoms with Gasteiger partial charge < -0.3 is 25.7 Å². The lowest BCUT2D eigenvalue weighted by molar-refractivity contribution is -0.255. The van der Waals surface area contributed by atoms with E-state index in [0.717, 1.165) is 60.9 Å². The molecule has 2 aromatic carbocycles. The molecule has 0 saturated carbocycles. The number of sulfonamides is 1. The van der Waals surface area contributed by atoms with Crippen LogP contribution in [-0.2, 0) is 16.2 Å². The maximum atomic E-state index is 13.4. The molecular weight excluding hydrogens is 463 g/mol. The molecule has 1 fully saturated rings. The van der Waals surface area contributed by atoms with E-state index in [0.29, 0.717) is 18.8 Å². The quantitative estimate of drug-likeness (QED) is 0.664. The monoisotopic (exact) mass is 489 g/mol. The fraction of sp³-hybridized carbons (Fsp3) is 0.381. The van der Waals surface area contributed by atoms with E-state index in [1.54, 1.807) is 0 Å². The summed E-state index contributed by atoms with van der Waals surface area (Å²) in [6.07, 6.45) is -2.03. The zero-order valence-electron chi connectivity index (χ0n) is 18.5. The zero-order valence-corrected chi connectivity index (χ0v) is 19.3. The number of benzene rings is 2. The Bertz CT molecular complexity index is 1120. The van der Waals surface area contributed by atoms with Gasteiger partial charge in [-0.1, -0.05) is 0 Å². The smallest absolute Gasteiger partial charge is 0.416 e. The third-order valence-electron chi connectivity index (χ3n) is 5.38. The lowest BCUT2D eigenvalue weighted by Crippen LogP contribution is -2.34. The lowest BCUT2D eigenvalue weighted by atomic mass is 10.1. The van der Waals surface area contributed by atoms with Gasteiger partial charge in [-0.2, -0.15) is 13.2 Å². The van der Waals surface area contributed by atoms with Crippen LogP contribution in [0.3, 0.4) is 0 Å². The first-order valence-electron chi connectivity index (χ1n) is 9.81. The number of ether oxygens (including phenoxy) is 1. The highest BCUT2D eigenvalue weighted by atomic mass is 32.2. The number of alkyl halides is 3. The summed E-state index contributed by atoms with van der Waals surface area (Å²) in [6, 6.07) is 6.13. The number of carboxylic acid groups (broad SMARTS) is 1. The van der Waals surface area contributed by atoms with Gasteiger partial charge in [0.2, 0.25) is 0 Å². The molecule has 1 heterocycles. The molecule has 2 aromatic rings. The van der Waals surface area contributed by atoms with Crippen molar-refractivity contribution in [3.63, 3.8) is 0 Å². The van der Waals surface area contributed by atoms with Crippen molar-refractivity contribution in [1.82, 2.24) is 6.15 Å². The molecule has 1 saturated heterocycles. The van der Waals surface area contributed by atoms with E-state index < -0.39 is 38.2 Å². The number of nitrogens with zero attached hydrogens (tertiary/aromatic N) is 2. The summed E-state index contributed by atoms with van der Waals surface area (Å²) in [5.41, 5.74) is -1.22. The molecule has 0 bridgehead atoms. The summed E-state index contributed by atoms with van der Waals surface area (Å²) in [7, 11) is -2.16. The van der Waals surface area contributed by atoms with E-state index in [1.165, 1.54) is 13.2 Å². The molecule has 0 unspecified atom stereocenters. The molecule has 1 aliphatic heterocycles. The number of hydrogen-bond acceptors (Lipinski definition) is 6. The van der Waals surface area contributed by atoms with E-state index in [2.05, 4.69) is 0 Å². The Kier molecular flexibility index (Phi) is 7.86. The van der Waals surface area contributed by atoms with Crippen LogP contribution in [0.2, 0.25) is 0 Å². The van der Waals surface area contributed by atoms with Gasteiger partial charge in [-0.25, -0.2) is 8.42 Å². The van der Waals surface area contributed by atoms with Crippen LogP contribution in [0.15, 0.2) is 41.3 Å². The van der Waals surface area contributed by atoms with Crippen LogP contribution in [0.5, 0.6) is 5.75 Å². The maximum absolute atomic E-state index is 13.4. The van der Waals surface area contributed by atoms with Crippen molar-refractivity contribution in [2.24, 2.45) is 0 Å². The van der Waals surface area contributed by atoms with Crippen LogP contribution in [-0.4, -0.2) is 41.6 Å². The summed E-state index contributed by atoms with van der Waals surface area (Å²) in [5.74, 6) is -1.74. The summed E-state index contributed by atoms with van der Waals surface area (Å²) in [5, 5.41) is 11.2. The first kappa shape index (κ1) is 26.3. The Balaban J connectivity index is 0.00000385. The number of carboxylic acids is 1. The molecule has 1 aliphatic rings. The largest absolute Gasteiger partial charge is 0.545 e. The van der Waals surface area contributed by atoms with Gasteiger partial charge in [0.05, 0.1) is 30.0 Å². The molecule has 0 atom stereocenters. The summed E-state index contributed by atoms with van der Waals surface area (Å²) in [6.45, 7) is 1.16. The summed E-state index contributed by atoms with van der Waals surface area (Å²) >= 11 is 0. The predicted molar refractivity (Wildman–Crippen MR) is 116 cm³/mol. The Morgan fingerprint density at radius 1 is 1.09 bits per heavy atom. The third-order valence-corrected chi connectivity index (χ3v) is 7.17. The second kappa shape index (κ2) is 9.87. The third kappa shape index (κ3) is 5.33. The second-order valence-corrected chi connectivity index (χ2v) is 9.31. The summed E-state index contributed by atoms with van der Waals surface area (Å²) < 4.78 is 72.9. The van der Waals surface area contributed by atoms with Gasteiger partial charge in [-0.15, -0.1) is 0 Å². The highest BCUT2D eigenvalue weighted by molar-refractivity contribution is 7.93. The van der Waals surface area contributed by atoms with E-state index >= 15 is 0 Å². The SMILES string of the molecule is COc1ccc(C(=O)[O-])cc1S(=O)(=O)N(C)c1cc(C(F)(F)F)ccc1N1CCCCC1.[NH4+]. The Hall–Kier alpha value is -2.99. The van der Waals surface area contributed by atoms with Gasteiger partial charge in [-0.3, -0.25) is 4.31 Å². The van der Waals surface area contributed by atoms with Crippen LogP contribution in [0.1, 0.15) is 35.2 Å². The first-order valence-corrected chi connectivity index (χ1v) is 11.3. The fourth-order valence-electron chi connectivity index (χ4n) is 3.64. The average Bonchev–Trinajstić information content (AvgIpc) is 2.77. The van der Waals surface area contributed by atoms with Crippen LogP contribution >= 0.6 is 0 Å². The number of hydrogen-bond donors (Lipinski definition) is 1. The van der Waals surface area contributed by atoms with Crippen molar-refractivity contribution in [3.05, 3.63) is 47.5 Å². The minimum atomic E-state index is -4.67. The Morgan fingerprint density at radius 2 is 1.73 bits per heavy atom. The van der Waals surface area contributed by atoms with Gasteiger partial charge in [0.15, 0.2) is 0 Å². The molecule has 4 N–H and O–H groups in total. The van der Waals surface area contributed by atoms with Crippen molar-refractivity contribution in [2.75, 3.05) is 36.5 Å². The van der Waals surface area contributed by atoms with Gasteiger partial charge in [0.1, 0.15) is 10.6 Å². The molecule has 0 radical (unpaired) electrons. The van der Waals surface area contributed by atoms with Crippen molar-refractivity contribution in [1.29, 1.82) is 0 Å². The van der Waals surface area contributed by atoms with E-state index in [4.69, 9.17) is 4.74 Å². The van der Waals surface area contributed by atoms with Gasteiger partial charge in [0.25, 0.3) is 10.0 Å². The van der Waals surface area contributed by atoms with Crippen LogP contribution < -0.4 is 25.2 Å². The number of rotatable bonds is 6. The normalized spacial score (nSPS) is 14.4. The molecule has 33 heavy (non-hydrogen) atoms. The Labute approximate surface area is 190 Å². The van der Waals surface area contributed by atoms with Crippen molar-refractivity contribution in [2.45, 2.75) is 30.3 Å². The molecule has 0 aliphatic carbocycles. The zero-order chi connectivity index (χ0) is 23.7. The first-order chi connectivity index (χ1) is 15.0. The van der Waals surface area contributed by atoms with E-state index in [9.17, 15) is 31.5 Å². The number of carbonyl (C=O) groups excluding carboxylic acids is 1. The Morgan fingerprint density at radius 3 is 2.27 bits per heavy atom. The van der Waals surface area contributed by atoms with Gasteiger partial charge in [-0.05, 0) is 61.2 Å². The van der Waals surface area contributed by atoms with Crippen LogP contribution in [0.4, 0.5) is 24.5 Å². The van der Waals surface area contributed by atoms with Gasteiger partial charge in [0, 0.05) is 20.1 Å². The minimum Gasteiger partial charge on any atom is -0.545 e. The summed E-state index contributed by atoms with van der Waals surface area (Å²) in [4.78, 5) is 12.6. The number of halogens is 3. The van der Waals surface area contributed by atoms with Gasteiger partial charge >= 0.3 is 6.18 Å². The standard InChI is InChI=1S/C21H23F3N2O5S.H3N/c1-25(32(29,30)19-12-14(20(27)28)6-9-18(19)31-2)17-13-15(21(22,23)24)7-8-16(17)26-10-4-3-5-11-26;/h6-9,12-13H,3-5,10-11H2,1-2H3,(H,27,28);1H3. The van der Waals surface area contributed by atoms with Crippen LogP contribution in [0.25, 0.3) is 0 Å². The maximum Gasteiger partial charge on any atom is 0.416 e. The van der Waals surface area contributed by atoms with E-state index in [-0.39, 0.29) is 17.6 Å². The highest BCUT2D eigenvalue weighted by Crippen LogP contribution is 2.40. The van der Waals surface area contributed by atoms with Crippen molar-refractivity contribution >= 4 is 27.4 Å². The number of piperidine rings is 1. The molecule has 0 amide bonds. The van der Waals surface area contributed by atoms with E-state index in [1.807, 2.05) is 4.90 Å². The second-order valence-electron chi connectivity index (χ2n) is 7.37. The number of quaternary nitrogens is 1. The van der Waals surface area contributed by atoms with Crippen molar-refractivity contribution < 1.29 is 36.2 Å². The average molecular weight is 490 g/mol. The molecule has 8 nitrogen and oxygen atoms in total. The molecule has 12 heteroatoms. The molecule has 3 rings (SSSR count).